The average molecular weight is 900 g/mol. The fourth-order valence-electron chi connectivity index (χ4n) is 8.68. The normalized spacial score (nSPS) is 30.2. The van der Waals surface area contributed by atoms with Crippen LogP contribution in [0.25, 0.3) is 21.8 Å². The number of ketones is 2. The number of aromatic nitrogens is 1. The first kappa shape index (κ1) is 46.3. The van der Waals surface area contributed by atoms with Gasteiger partial charge in [-0.15, -0.1) is 9.45 Å². The number of phenols is 1. The van der Waals surface area contributed by atoms with Gasteiger partial charge < -0.3 is 48.9 Å². The second kappa shape index (κ2) is 20.4. The van der Waals surface area contributed by atoms with Crippen LogP contribution in [0.4, 0.5) is 4.79 Å². The summed E-state index contributed by atoms with van der Waals surface area (Å²) in [4.78, 5) is 44.7. The number of para-hydroxylation sites is 1. The number of phenolic OH excluding ortho intramolecular Hbond substituents is 1. The molecule has 7 rings (SSSR count). The minimum Gasteiger partial charge on any atom is -0.508 e. The van der Waals surface area contributed by atoms with E-state index in [0.717, 1.165) is 16.3 Å². The third kappa shape index (κ3) is 10.5. The van der Waals surface area contributed by atoms with E-state index in [1.807, 2.05) is 32.2 Å². The number of rotatable bonds is 12. The van der Waals surface area contributed by atoms with Crippen LogP contribution in [-0.4, -0.2) is 121 Å². The van der Waals surface area contributed by atoms with Gasteiger partial charge in [0.15, 0.2) is 24.1 Å². The average Bonchev–Trinajstić information content (AvgIpc) is 3.62. The summed E-state index contributed by atoms with van der Waals surface area (Å²) in [5.41, 5.74) is 2.27. The molecule has 334 valence electrons. The lowest BCUT2D eigenvalue weighted by atomic mass is 9.83. The van der Waals surface area contributed by atoms with E-state index in [1.54, 1.807) is 44.4 Å². The molecule has 0 saturated carbocycles. The maximum atomic E-state index is 14.8. The lowest BCUT2D eigenvalue weighted by Crippen LogP contribution is -2.55. The fourth-order valence-corrected chi connectivity index (χ4v) is 9.31. The van der Waals surface area contributed by atoms with Crippen LogP contribution in [0.5, 0.6) is 5.75 Å². The quantitative estimate of drug-likeness (QED) is 0.0964. The van der Waals surface area contributed by atoms with Gasteiger partial charge in [0, 0.05) is 59.2 Å². The van der Waals surface area contributed by atoms with Gasteiger partial charge in [-0.05, 0) is 61.6 Å². The number of aromatic hydroxyl groups is 1. The fraction of sp³-hybridized carbons (Fsp3) is 0.468. The number of aliphatic hydroxyl groups is 1. The van der Waals surface area contributed by atoms with E-state index < -0.39 is 70.2 Å². The molecule has 2 aliphatic heterocycles. The molecule has 0 radical (unpaired) electrons. The second-order valence-electron chi connectivity index (χ2n) is 16.3. The Morgan fingerprint density at radius 2 is 1.89 bits per heavy atom. The van der Waals surface area contributed by atoms with Crippen molar-refractivity contribution in [2.45, 2.75) is 95.2 Å². The molecular formula is C47H53N3O11S2. The number of benzene rings is 2. The summed E-state index contributed by atoms with van der Waals surface area (Å²) >= 11 is 5.53. The number of Topliss-reactive ketones (excluding diaryl/α,β-unsaturated/α-hetero) is 2. The number of amides is 1. The number of H-pyrrole nitrogens is 1. The van der Waals surface area contributed by atoms with Crippen LogP contribution in [0.15, 0.2) is 71.5 Å². The highest BCUT2D eigenvalue weighted by molar-refractivity contribution is 8.28. The highest BCUT2D eigenvalue weighted by atomic mass is 32.8. The predicted molar refractivity (Wildman–Crippen MR) is 241 cm³/mol. The summed E-state index contributed by atoms with van der Waals surface area (Å²) in [6, 6.07) is 10.6. The molecule has 3 aromatic rings. The van der Waals surface area contributed by atoms with Gasteiger partial charge in [-0.3, -0.25) is 14.9 Å². The summed E-state index contributed by atoms with van der Waals surface area (Å²) in [5.74, 6) is 10.2. The molecule has 4 aliphatic rings. The Labute approximate surface area is 373 Å². The number of carbonyl (C=O) groups excluding carboxylic acids is 3. The molecule has 0 bridgehead atoms. The van der Waals surface area contributed by atoms with Crippen LogP contribution < -0.4 is 10.6 Å². The van der Waals surface area contributed by atoms with Gasteiger partial charge in [0.25, 0.3) is 0 Å². The molecule has 9 unspecified atom stereocenters. The van der Waals surface area contributed by atoms with Crippen LogP contribution in [0.2, 0.25) is 0 Å². The van der Waals surface area contributed by atoms with Gasteiger partial charge in [-0.1, -0.05) is 66.9 Å². The van der Waals surface area contributed by atoms with E-state index >= 15 is 0 Å². The smallest absolute Gasteiger partial charge is 0.411 e. The molecule has 3 heterocycles. The molecule has 1 amide bonds. The molecule has 2 aromatic carbocycles. The number of nitrogens with one attached hydrogen (secondary N) is 3. The van der Waals surface area contributed by atoms with Crippen molar-refractivity contribution in [2.24, 2.45) is 11.8 Å². The van der Waals surface area contributed by atoms with Crippen LogP contribution in [0.3, 0.4) is 0 Å². The number of ether oxygens (including phenoxy) is 6. The molecule has 2 fully saturated rings. The van der Waals surface area contributed by atoms with E-state index in [2.05, 4.69) is 39.3 Å². The number of aromatic amines is 1. The first-order chi connectivity index (χ1) is 30.3. The Hall–Kier alpha value is -4.72. The molecule has 16 heteroatoms. The summed E-state index contributed by atoms with van der Waals surface area (Å²) in [7, 11) is 2.31. The van der Waals surface area contributed by atoms with E-state index in [4.69, 9.17) is 39.6 Å². The third-order valence-corrected chi connectivity index (χ3v) is 12.7. The first-order valence-corrected chi connectivity index (χ1v) is 23.6. The second-order valence-corrected chi connectivity index (χ2v) is 19.5. The van der Waals surface area contributed by atoms with E-state index in [0.29, 0.717) is 35.4 Å². The van der Waals surface area contributed by atoms with Crippen molar-refractivity contribution < 1.29 is 53.0 Å². The Morgan fingerprint density at radius 3 is 2.63 bits per heavy atom. The largest absolute Gasteiger partial charge is 0.508 e. The lowest BCUT2D eigenvalue weighted by Gasteiger charge is -2.44. The van der Waals surface area contributed by atoms with E-state index in [-0.39, 0.29) is 53.8 Å². The first-order valence-electron chi connectivity index (χ1n) is 20.9. The maximum Gasteiger partial charge on any atom is 0.411 e. The maximum absolute atomic E-state index is 14.8. The molecule has 2 aliphatic carbocycles. The van der Waals surface area contributed by atoms with Crippen molar-refractivity contribution >= 4 is 60.1 Å². The molecule has 11 atom stereocenters. The van der Waals surface area contributed by atoms with Crippen LogP contribution >= 0.6 is 0 Å². The van der Waals surface area contributed by atoms with Crippen molar-refractivity contribution in [1.82, 2.24) is 15.6 Å². The number of methoxy groups -OCH3 is 2. The topological polar surface area (TPSA) is 187 Å². The monoisotopic (exact) mass is 899 g/mol. The van der Waals surface area contributed by atoms with Gasteiger partial charge in [-0.25, -0.2) is 4.79 Å². The SMILES string of the molecule is COC(=O)NC1=C2C#C/C=C\C#C[C@H](OC3OC(C)C(C(=O)c4cccc5c4[nH]c4ccc(O)cc45)CC3OC3CC(OC)C(NC(C)C)CO3)C2/C(=C\CS(C)=S)[C@@H](O)CC1=O. The van der Waals surface area contributed by atoms with Crippen LogP contribution in [0, 0.1) is 35.5 Å². The number of carbonyl (C=O) groups is 3. The van der Waals surface area contributed by atoms with Gasteiger partial charge >= 0.3 is 6.09 Å². The molecule has 2 saturated heterocycles. The molecule has 1 aromatic heterocycles. The summed E-state index contributed by atoms with van der Waals surface area (Å²) in [6.45, 7) is 6.20. The third-order valence-electron chi connectivity index (χ3n) is 11.7. The Balaban J connectivity index is 1.28. The molecule has 5 N–H and O–H groups in total. The van der Waals surface area contributed by atoms with Gasteiger partial charge in [-0.2, -0.15) is 0 Å². The van der Waals surface area contributed by atoms with E-state index in [1.165, 1.54) is 19.3 Å². The zero-order valence-electron chi connectivity index (χ0n) is 36.0. The number of hydrogen-bond acceptors (Lipinski definition) is 13. The highest BCUT2D eigenvalue weighted by Crippen LogP contribution is 2.40. The number of allylic oxidation sites excluding steroid dienone is 3. The zero-order valence-corrected chi connectivity index (χ0v) is 37.6. The van der Waals surface area contributed by atoms with Gasteiger partial charge in [0.2, 0.25) is 0 Å². The Bertz CT molecular complexity index is 2490. The van der Waals surface area contributed by atoms with Crippen molar-refractivity contribution in [3.63, 3.8) is 0 Å². The minimum absolute atomic E-state index is 0.0908. The minimum atomic E-state index is -1.30. The molecule has 63 heavy (non-hydrogen) atoms. The van der Waals surface area contributed by atoms with Gasteiger partial charge in [0.05, 0.1) is 61.1 Å². The summed E-state index contributed by atoms with van der Waals surface area (Å²) in [5, 5.41) is 29.6. The predicted octanol–water partition coefficient (Wildman–Crippen LogP) is 4.63. The van der Waals surface area contributed by atoms with Gasteiger partial charge in [0.1, 0.15) is 18.0 Å². The number of fused-ring (bicyclic) bond motifs is 4. The lowest BCUT2D eigenvalue weighted by molar-refractivity contribution is -0.308. The van der Waals surface area contributed by atoms with Crippen molar-refractivity contribution in [3.8, 4) is 29.4 Å². The van der Waals surface area contributed by atoms with E-state index in [9.17, 15) is 24.6 Å². The molecular weight excluding hydrogens is 847 g/mol. The molecule has 0 spiro atoms. The molecule has 14 nitrogen and oxygen atoms in total. The summed E-state index contributed by atoms with van der Waals surface area (Å²) in [6.07, 6.45) is -0.280. The number of alkyl carbamates (subject to hydrolysis) is 1. The number of aliphatic hydroxyl groups excluding tert-OH is 1. The van der Waals surface area contributed by atoms with Crippen LogP contribution in [-0.2, 0) is 53.9 Å². The van der Waals surface area contributed by atoms with Crippen molar-refractivity contribution in [3.05, 3.63) is 77.0 Å². The van der Waals surface area contributed by atoms with Crippen molar-refractivity contribution in [2.75, 3.05) is 32.8 Å². The standard InChI is InChI=1S/C47H53N3O11S2/c1-25(2)48-35-24-58-41(23-39(35)56-4)60-40-21-32(45(54)31-14-11-13-28-33-20-27(51)16-17-34(33)49-43(28)31)26(3)59-46(40)61-38-15-10-8-7-9-12-30-42(38)29(18-19-63(6)62)36(52)22-37(53)44(30)50-47(55)57-5/h7-8,11,13-14,16-18,20,25-26,32,35-36,38-42,46,48-49,51-52H,19,21-24H2,1-6H3,(H,50,55)/b8-7-,29-18-/t26?,32?,35?,36-,38-,39?,40?,41?,42?,46?,63?/m0/s1. The Morgan fingerprint density at radius 1 is 1.10 bits per heavy atom. The number of hydrogen-bond donors (Lipinski definition) is 5. The van der Waals surface area contributed by atoms with Crippen molar-refractivity contribution in [1.29, 1.82) is 0 Å². The zero-order chi connectivity index (χ0) is 44.9. The summed E-state index contributed by atoms with van der Waals surface area (Å²) < 4.78 is 37.5. The Kier molecular flexibility index (Phi) is 15.0. The highest BCUT2D eigenvalue weighted by Gasteiger charge is 2.47. The van der Waals surface area contributed by atoms with Crippen LogP contribution in [0.1, 0.15) is 50.4 Å².